The van der Waals surface area contributed by atoms with Crippen LogP contribution in [0.15, 0.2) is 9.98 Å². The molecule has 1 rings (SSSR count). The van der Waals surface area contributed by atoms with E-state index in [1.807, 2.05) is 12.3 Å². The summed E-state index contributed by atoms with van der Waals surface area (Å²) in [6.45, 7) is 2.71. The van der Waals surface area contributed by atoms with Crippen molar-refractivity contribution >= 4 is 32.4 Å². The van der Waals surface area contributed by atoms with Gasteiger partial charge in [0.15, 0.2) is 5.13 Å². The Balaban J connectivity index is 2.27. The Morgan fingerprint density at radius 2 is 2.58 bits per heavy atom. The summed E-state index contributed by atoms with van der Waals surface area (Å²) >= 11 is 4.88. The van der Waals surface area contributed by atoms with Gasteiger partial charge < -0.3 is 5.32 Å². The quantitative estimate of drug-likeness (QED) is 0.654. The molecule has 0 fully saturated rings. The number of halogens is 1. The average Bonchev–Trinajstić information content (AvgIpc) is 2.45. The van der Waals surface area contributed by atoms with Crippen molar-refractivity contribution in [2.45, 2.75) is 13.3 Å². The fourth-order valence-corrected chi connectivity index (χ4v) is 1.87. The number of nitrogens with one attached hydrogen (secondary N) is 1. The van der Waals surface area contributed by atoms with Crippen molar-refractivity contribution in [3.63, 3.8) is 0 Å². The normalized spacial score (nSPS) is 8.83. The molecular weight excluding hydrogens is 236 g/mol. The van der Waals surface area contributed by atoms with Crippen molar-refractivity contribution in [3.05, 3.63) is 9.98 Å². The number of aromatic nitrogens is 1. The van der Waals surface area contributed by atoms with Gasteiger partial charge in [-0.2, -0.15) is 0 Å². The zero-order chi connectivity index (χ0) is 8.81. The van der Waals surface area contributed by atoms with Crippen molar-refractivity contribution in [2.24, 2.45) is 0 Å². The molecule has 0 aliphatic rings. The highest BCUT2D eigenvalue weighted by Crippen LogP contribution is 2.18. The molecule has 1 aromatic rings. The molecule has 0 radical (unpaired) electrons. The summed E-state index contributed by atoms with van der Waals surface area (Å²) < 4.78 is 0.886. The minimum Gasteiger partial charge on any atom is -0.361 e. The van der Waals surface area contributed by atoms with Gasteiger partial charge in [-0.1, -0.05) is 0 Å². The summed E-state index contributed by atoms with van der Waals surface area (Å²) in [4.78, 5) is 4.18. The molecule has 0 aliphatic heterocycles. The smallest absolute Gasteiger partial charge is 0.183 e. The third-order valence-corrected chi connectivity index (χ3v) is 2.69. The topological polar surface area (TPSA) is 24.9 Å². The van der Waals surface area contributed by atoms with Gasteiger partial charge in [0.1, 0.15) is 4.60 Å². The SMILES string of the molecule is CC#CCCNc1nc(Br)cs1. The maximum absolute atomic E-state index is 4.18. The van der Waals surface area contributed by atoms with Crippen molar-refractivity contribution in [3.8, 4) is 11.8 Å². The van der Waals surface area contributed by atoms with Gasteiger partial charge in [0.05, 0.1) is 0 Å². The van der Waals surface area contributed by atoms with E-state index < -0.39 is 0 Å². The van der Waals surface area contributed by atoms with E-state index in [9.17, 15) is 0 Å². The van der Waals surface area contributed by atoms with Crippen LogP contribution in [0.2, 0.25) is 0 Å². The molecule has 1 aromatic heterocycles. The molecule has 0 atom stereocenters. The summed E-state index contributed by atoms with van der Waals surface area (Å²) in [5.41, 5.74) is 0. The molecule has 0 unspecified atom stereocenters. The van der Waals surface area contributed by atoms with E-state index in [0.717, 1.165) is 22.7 Å². The fourth-order valence-electron chi connectivity index (χ4n) is 0.692. The molecule has 0 aromatic carbocycles. The van der Waals surface area contributed by atoms with E-state index in [1.54, 1.807) is 11.3 Å². The number of anilines is 1. The highest BCUT2D eigenvalue weighted by molar-refractivity contribution is 9.10. The monoisotopic (exact) mass is 244 g/mol. The lowest BCUT2D eigenvalue weighted by atomic mass is 10.4. The van der Waals surface area contributed by atoms with Gasteiger partial charge >= 0.3 is 0 Å². The van der Waals surface area contributed by atoms with Crippen LogP contribution in [0.1, 0.15) is 13.3 Å². The van der Waals surface area contributed by atoms with Crippen molar-refractivity contribution in [1.82, 2.24) is 4.98 Å². The molecule has 0 saturated heterocycles. The van der Waals surface area contributed by atoms with Crippen LogP contribution in [0.3, 0.4) is 0 Å². The van der Waals surface area contributed by atoms with Crippen LogP contribution in [-0.2, 0) is 0 Å². The van der Waals surface area contributed by atoms with Gasteiger partial charge in [0, 0.05) is 18.3 Å². The summed E-state index contributed by atoms with van der Waals surface area (Å²) in [7, 11) is 0. The first kappa shape index (κ1) is 9.56. The van der Waals surface area contributed by atoms with Crippen LogP contribution in [-0.4, -0.2) is 11.5 Å². The van der Waals surface area contributed by atoms with E-state index in [4.69, 9.17) is 0 Å². The standard InChI is InChI=1S/C8H9BrN2S/c1-2-3-4-5-10-8-11-7(9)6-12-8/h6H,4-5H2,1H3,(H,10,11). The van der Waals surface area contributed by atoms with E-state index in [2.05, 4.69) is 38.1 Å². The fraction of sp³-hybridized carbons (Fsp3) is 0.375. The number of thiazole rings is 1. The second-order valence-electron chi connectivity index (χ2n) is 2.08. The Kier molecular flexibility index (Phi) is 4.12. The first-order chi connectivity index (χ1) is 5.83. The number of rotatable bonds is 3. The highest BCUT2D eigenvalue weighted by atomic mass is 79.9. The predicted molar refractivity (Wildman–Crippen MR) is 56.4 cm³/mol. The van der Waals surface area contributed by atoms with E-state index in [-0.39, 0.29) is 0 Å². The van der Waals surface area contributed by atoms with Crippen LogP contribution in [0.4, 0.5) is 5.13 Å². The van der Waals surface area contributed by atoms with Crippen molar-refractivity contribution in [2.75, 3.05) is 11.9 Å². The summed E-state index contributed by atoms with van der Waals surface area (Å²) in [5, 5.41) is 6.07. The lowest BCUT2D eigenvalue weighted by molar-refractivity contribution is 1.08. The third-order valence-electron chi connectivity index (χ3n) is 1.18. The molecule has 4 heteroatoms. The van der Waals surface area contributed by atoms with Gasteiger partial charge in [-0.15, -0.1) is 23.2 Å². The van der Waals surface area contributed by atoms with Crippen LogP contribution >= 0.6 is 27.3 Å². The number of nitrogens with zero attached hydrogens (tertiary/aromatic N) is 1. The predicted octanol–water partition coefficient (Wildman–Crippen LogP) is 2.73. The Hall–Kier alpha value is -0.530. The van der Waals surface area contributed by atoms with Gasteiger partial charge in [-0.3, -0.25) is 0 Å². The molecule has 2 nitrogen and oxygen atoms in total. The minimum absolute atomic E-state index is 0.862. The Morgan fingerprint density at radius 3 is 3.17 bits per heavy atom. The van der Waals surface area contributed by atoms with E-state index in [1.165, 1.54) is 0 Å². The number of hydrogen-bond acceptors (Lipinski definition) is 3. The maximum Gasteiger partial charge on any atom is 0.183 e. The summed E-state index contributed by atoms with van der Waals surface area (Å²) in [6.07, 6.45) is 0.869. The Bertz CT molecular complexity index is 297. The second kappa shape index (κ2) is 5.18. The highest BCUT2D eigenvalue weighted by Gasteiger charge is 1.95. The number of hydrogen-bond donors (Lipinski definition) is 1. The summed E-state index contributed by atoms with van der Waals surface area (Å²) in [6, 6.07) is 0. The molecule has 0 aliphatic carbocycles. The van der Waals surface area contributed by atoms with E-state index in [0.29, 0.717) is 0 Å². The molecule has 0 saturated carbocycles. The van der Waals surface area contributed by atoms with Crippen LogP contribution in [0.25, 0.3) is 0 Å². The van der Waals surface area contributed by atoms with Crippen molar-refractivity contribution in [1.29, 1.82) is 0 Å². The molecule has 1 heterocycles. The van der Waals surface area contributed by atoms with Gasteiger partial charge in [-0.05, 0) is 22.9 Å². The molecule has 0 bridgehead atoms. The molecule has 0 spiro atoms. The molecule has 1 N–H and O–H groups in total. The lowest BCUT2D eigenvalue weighted by Gasteiger charge is -1.95. The van der Waals surface area contributed by atoms with Crippen LogP contribution < -0.4 is 5.32 Å². The molecule has 12 heavy (non-hydrogen) atoms. The van der Waals surface area contributed by atoms with Gasteiger partial charge in [0.2, 0.25) is 0 Å². The first-order valence-corrected chi connectivity index (χ1v) is 5.24. The molecular formula is C8H9BrN2S. The third kappa shape index (κ3) is 3.24. The lowest BCUT2D eigenvalue weighted by Crippen LogP contribution is -1.99. The minimum atomic E-state index is 0.862. The van der Waals surface area contributed by atoms with Crippen LogP contribution in [0.5, 0.6) is 0 Å². The Morgan fingerprint density at radius 1 is 1.75 bits per heavy atom. The largest absolute Gasteiger partial charge is 0.361 e. The summed E-state index contributed by atoms with van der Waals surface area (Å²) in [5.74, 6) is 5.82. The van der Waals surface area contributed by atoms with Crippen molar-refractivity contribution < 1.29 is 0 Å². The van der Waals surface area contributed by atoms with Gasteiger partial charge in [-0.25, -0.2) is 4.98 Å². The van der Waals surface area contributed by atoms with E-state index >= 15 is 0 Å². The Labute approximate surface area is 84.5 Å². The first-order valence-electron chi connectivity index (χ1n) is 3.57. The van der Waals surface area contributed by atoms with Crippen LogP contribution in [0, 0.1) is 11.8 Å². The zero-order valence-electron chi connectivity index (χ0n) is 6.72. The maximum atomic E-state index is 4.18. The zero-order valence-corrected chi connectivity index (χ0v) is 9.13. The second-order valence-corrected chi connectivity index (χ2v) is 3.75. The average molecular weight is 245 g/mol. The molecule has 0 amide bonds. The van der Waals surface area contributed by atoms with Gasteiger partial charge in [0.25, 0.3) is 0 Å². The molecule has 64 valence electrons.